The SMILES string of the molecule is CC(NC(=O)c1ccc(C(C)(C)C)cc1)C(=O)NCc1ccc(C(=O)N(C)C(C)C)cc1. The standard InChI is InChI=1S/C26H35N3O3/c1-17(2)29(7)25(32)21-10-8-19(9-11-21)16-27-23(30)18(3)28-24(31)20-12-14-22(15-13-20)26(4,5)6/h8-15,17-18H,16H2,1-7H3,(H,27,30)(H,28,31). The third-order valence-electron chi connectivity index (χ3n) is 5.52. The van der Waals surface area contributed by atoms with Gasteiger partial charge in [-0.3, -0.25) is 14.4 Å². The number of nitrogens with one attached hydrogen (secondary N) is 2. The normalized spacial score (nSPS) is 12.2. The van der Waals surface area contributed by atoms with Crippen LogP contribution in [0.15, 0.2) is 48.5 Å². The highest BCUT2D eigenvalue weighted by molar-refractivity contribution is 5.97. The van der Waals surface area contributed by atoms with Gasteiger partial charge in [0.1, 0.15) is 6.04 Å². The largest absolute Gasteiger partial charge is 0.350 e. The second-order valence-corrected chi connectivity index (χ2v) is 9.45. The molecule has 0 saturated carbocycles. The average molecular weight is 438 g/mol. The Balaban J connectivity index is 1.88. The molecule has 2 rings (SSSR count). The molecule has 3 amide bonds. The first-order valence-corrected chi connectivity index (χ1v) is 11.0. The van der Waals surface area contributed by atoms with Crippen molar-refractivity contribution in [3.8, 4) is 0 Å². The Labute approximate surface area is 191 Å². The molecule has 0 aliphatic rings. The molecule has 32 heavy (non-hydrogen) atoms. The fraction of sp³-hybridized carbons (Fsp3) is 0.423. The maximum atomic E-state index is 12.5. The van der Waals surface area contributed by atoms with Gasteiger partial charge in [0.2, 0.25) is 5.91 Å². The van der Waals surface area contributed by atoms with Crippen LogP contribution in [0.1, 0.15) is 73.4 Å². The lowest BCUT2D eigenvalue weighted by molar-refractivity contribution is -0.122. The minimum absolute atomic E-state index is 0.0119. The maximum Gasteiger partial charge on any atom is 0.253 e. The molecule has 1 unspecified atom stereocenters. The number of nitrogens with zero attached hydrogens (tertiary/aromatic N) is 1. The van der Waals surface area contributed by atoms with E-state index in [4.69, 9.17) is 0 Å². The zero-order valence-corrected chi connectivity index (χ0v) is 20.2. The smallest absolute Gasteiger partial charge is 0.253 e. The van der Waals surface area contributed by atoms with Gasteiger partial charge >= 0.3 is 0 Å². The lowest BCUT2D eigenvalue weighted by Gasteiger charge is -2.21. The molecule has 6 heteroatoms. The van der Waals surface area contributed by atoms with Gasteiger partial charge in [0.05, 0.1) is 0 Å². The number of carbonyl (C=O) groups is 3. The molecule has 0 aromatic heterocycles. The topological polar surface area (TPSA) is 78.5 Å². The zero-order chi connectivity index (χ0) is 24.1. The van der Waals surface area contributed by atoms with E-state index in [1.165, 1.54) is 0 Å². The molecular weight excluding hydrogens is 402 g/mol. The Bertz CT molecular complexity index is 942. The molecule has 6 nitrogen and oxygen atoms in total. The highest BCUT2D eigenvalue weighted by atomic mass is 16.2. The van der Waals surface area contributed by atoms with Crippen molar-refractivity contribution in [2.45, 2.75) is 65.6 Å². The number of hydrogen-bond acceptors (Lipinski definition) is 3. The van der Waals surface area contributed by atoms with E-state index in [2.05, 4.69) is 31.4 Å². The van der Waals surface area contributed by atoms with Gasteiger partial charge in [0.25, 0.3) is 11.8 Å². The minimum Gasteiger partial charge on any atom is -0.350 e. The van der Waals surface area contributed by atoms with Crippen LogP contribution in [0, 0.1) is 0 Å². The van der Waals surface area contributed by atoms with Crippen molar-refractivity contribution in [3.05, 3.63) is 70.8 Å². The van der Waals surface area contributed by atoms with Crippen molar-refractivity contribution >= 4 is 17.7 Å². The van der Waals surface area contributed by atoms with Crippen molar-refractivity contribution < 1.29 is 14.4 Å². The van der Waals surface area contributed by atoms with Crippen molar-refractivity contribution in [1.82, 2.24) is 15.5 Å². The number of benzene rings is 2. The van der Waals surface area contributed by atoms with Gasteiger partial charge in [-0.15, -0.1) is 0 Å². The Morgan fingerprint density at radius 3 is 1.91 bits per heavy atom. The van der Waals surface area contributed by atoms with Gasteiger partial charge in [-0.2, -0.15) is 0 Å². The highest BCUT2D eigenvalue weighted by Gasteiger charge is 2.18. The summed E-state index contributed by atoms with van der Waals surface area (Å²) in [5, 5.41) is 5.56. The maximum absolute atomic E-state index is 12.5. The van der Waals surface area contributed by atoms with Crippen LogP contribution < -0.4 is 10.6 Å². The summed E-state index contributed by atoms with van der Waals surface area (Å²) in [6.45, 7) is 12.2. The van der Waals surface area contributed by atoms with Gasteiger partial charge in [0.15, 0.2) is 0 Å². The van der Waals surface area contributed by atoms with Crippen LogP contribution in [0.25, 0.3) is 0 Å². The van der Waals surface area contributed by atoms with Crippen molar-refractivity contribution in [2.75, 3.05) is 7.05 Å². The van der Waals surface area contributed by atoms with Crippen LogP contribution in [-0.2, 0) is 16.8 Å². The molecule has 0 bridgehead atoms. The molecule has 2 aromatic rings. The molecule has 0 saturated heterocycles. The van der Waals surface area contributed by atoms with Gasteiger partial charge in [-0.25, -0.2) is 0 Å². The van der Waals surface area contributed by atoms with E-state index in [0.717, 1.165) is 11.1 Å². The minimum atomic E-state index is -0.676. The van der Waals surface area contributed by atoms with Crippen LogP contribution >= 0.6 is 0 Å². The van der Waals surface area contributed by atoms with Crippen LogP contribution in [-0.4, -0.2) is 41.8 Å². The molecule has 0 spiro atoms. The number of amides is 3. The monoisotopic (exact) mass is 437 g/mol. The van der Waals surface area contributed by atoms with Crippen LogP contribution in [0.5, 0.6) is 0 Å². The molecule has 0 radical (unpaired) electrons. The molecule has 0 aliphatic carbocycles. The van der Waals surface area contributed by atoms with Crippen molar-refractivity contribution in [2.24, 2.45) is 0 Å². The van der Waals surface area contributed by atoms with Gasteiger partial charge in [-0.05, 0) is 61.6 Å². The van der Waals surface area contributed by atoms with E-state index in [0.29, 0.717) is 17.7 Å². The number of rotatable bonds is 7. The fourth-order valence-corrected chi connectivity index (χ4v) is 3.01. The summed E-state index contributed by atoms with van der Waals surface area (Å²) in [6, 6.07) is 14.0. The van der Waals surface area contributed by atoms with Crippen molar-refractivity contribution in [3.63, 3.8) is 0 Å². The average Bonchev–Trinajstić information content (AvgIpc) is 2.76. The summed E-state index contributed by atoms with van der Waals surface area (Å²) >= 11 is 0. The third-order valence-corrected chi connectivity index (χ3v) is 5.52. The number of hydrogen-bond donors (Lipinski definition) is 2. The second kappa shape index (κ2) is 10.4. The Kier molecular flexibility index (Phi) is 8.19. The van der Waals surface area contributed by atoms with Gasteiger partial charge in [-0.1, -0.05) is 45.0 Å². The quantitative estimate of drug-likeness (QED) is 0.690. The number of carbonyl (C=O) groups excluding carboxylic acids is 3. The molecule has 0 fully saturated rings. The molecular formula is C26H35N3O3. The van der Waals surface area contributed by atoms with Gasteiger partial charge < -0.3 is 15.5 Å². The predicted octanol–water partition coefficient (Wildman–Crippen LogP) is 3.90. The highest BCUT2D eigenvalue weighted by Crippen LogP contribution is 2.22. The van der Waals surface area contributed by atoms with E-state index in [9.17, 15) is 14.4 Å². The molecule has 2 N–H and O–H groups in total. The summed E-state index contributed by atoms with van der Waals surface area (Å²) in [5.74, 6) is -0.600. The fourth-order valence-electron chi connectivity index (χ4n) is 3.01. The first-order valence-electron chi connectivity index (χ1n) is 11.0. The Hall–Kier alpha value is -3.15. The summed E-state index contributed by atoms with van der Waals surface area (Å²) < 4.78 is 0. The van der Waals surface area contributed by atoms with E-state index < -0.39 is 6.04 Å². The van der Waals surface area contributed by atoms with E-state index in [-0.39, 0.29) is 29.2 Å². The third kappa shape index (κ3) is 6.67. The lowest BCUT2D eigenvalue weighted by atomic mass is 9.86. The molecule has 0 aliphatic heterocycles. The van der Waals surface area contributed by atoms with Crippen LogP contribution in [0.3, 0.4) is 0 Å². The summed E-state index contributed by atoms with van der Waals surface area (Å²) in [5.41, 5.74) is 3.15. The van der Waals surface area contributed by atoms with Crippen LogP contribution in [0.4, 0.5) is 0 Å². The zero-order valence-electron chi connectivity index (χ0n) is 20.2. The summed E-state index contributed by atoms with van der Waals surface area (Å²) in [7, 11) is 1.77. The lowest BCUT2D eigenvalue weighted by Crippen LogP contribution is -2.44. The second-order valence-electron chi connectivity index (χ2n) is 9.45. The van der Waals surface area contributed by atoms with E-state index in [1.54, 1.807) is 43.1 Å². The molecule has 0 heterocycles. The van der Waals surface area contributed by atoms with Crippen LogP contribution in [0.2, 0.25) is 0 Å². The Morgan fingerprint density at radius 1 is 0.875 bits per heavy atom. The first kappa shape index (κ1) is 25.1. The van der Waals surface area contributed by atoms with E-state index in [1.807, 2.05) is 38.1 Å². The molecule has 172 valence electrons. The molecule has 2 aromatic carbocycles. The molecule has 1 atom stereocenters. The first-order chi connectivity index (χ1) is 14.9. The van der Waals surface area contributed by atoms with Gasteiger partial charge in [0, 0.05) is 30.8 Å². The Morgan fingerprint density at radius 2 is 1.41 bits per heavy atom. The predicted molar refractivity (Wildman–Crippen MR) is 128 cm³/mol. The van der Waals surface area contributed by atoms with Crippen molar-refractivity contribution in [1.29, 1.82) is 0 Å². The summed E-state index contributed by atoms with van der Waals surface area (Å²) in [6.07, 6.45) is 0. The van der Waals surface area contributed by atoms with E-state index >= 15 is 0 Å². The summed E-state index contributed by atoms with van der Waals surface area (Å²) in [4.78, 5) is 38.9.